The van der Waals surface area contributed by atoms with Crippen LogP contribution in [0, 0.1) is 0 Å². The fourth-order valence-corrected chi connectivity index (χ4v) is 3.36. The first-order chi connectivity index (χ1) is 13.6. The summed E-state index contributed by atoms with van der Waals surface area (Å²) in [4.78, 5) is 18.9. The lowest BCUT2D eigenvalue weighted by molar-refractivity contribution is 0.0996. The van der Waals surface area contributed by atoms with E-state index in [0.29, 0.717) is 24.8 Å². The molecular weight excluding hydrogens is 356 g/mol. The minimum absolute atomic E-state index is 0.000368. The maximum atomic E-state index is 12.8. The molecule has 7 heteroatoms. The molecule has 0 fully saturated rings. The average Bonchev–Trinajstić information content (AvgIpc) is 3.32. The highest BCUT2D eigenvalue weighted by molar-refractivity contribution is 6.10. The minimum Gasteiger partial charge on any atom is -0.491 e. The molecule has 0 N–H and O–H groups in total. The first kappa shape index (κ1) is 18.0. The monoisotopic (exact) mass is 378 g/mol. The maximum Gasteiger partial charge on any atom is 0.259 e. The number of benzene rings is 1. The van der Waals surface area contributed by atoms with E-state index in [0.717, 1.165) is 34.5 Å². The van der Waals surface area contributed by atoms with Crippen molar-refractivity contribution in [3.63, 3.8) is 0 Å². The van der Waals surface area contributed by atoms with Crippen molar-refractivity contribution in [3.8, 4) is 22.8 Å². The summed E-state index contributed by atoms with van der Waals surface area (Å²) in [5, 5.41) is 4.27. The standard InChI is InChI=1S/C21H22N4O3/c1-4-24-13-17(11-23-24)25-12-16-8-14(6-7-18(16)21(25)26)15-9-19(27-3)20(22-10-15)28-5-2/h6-11,13H,4-5,12H2,1-3H3. The molecule has 28 heavy (non-hydrogen) atoms. The predicted octanol–water partition coefficient (Wildman–Crippen LogP) is 3.53. The second-order valence-corrected chi connectivity index (χ2v) is 6.48. The Hall–Kier alpha value is -3.35. The highest BCUT2D eigenvalue weighted by Gasteiger charge is 2.29. The van der Waals surface area contributed by atoms with Crippen molar-refractivity contribution in [2.75, 3.05) is 18.6 Å². The summed E-state index contributed by atoms with van der Waals surface area (Å²) in [6.45, 7) is 5.74. The number of hydrogen-bond donors (Lipinski definition) is 0. The number of hydrogen-bond acceptors (Lipinski definition) is 5. The Bertz CT molecular complexity index is 1030. The zero-order chi connectivity index (χ0) is 19.7. The van der Waals surface area contributed by atoms with Gasteiger partial charge in [0.1, 0.15) is 0 Å². The normalized spacial score (nSPS) is 13.0. The minimum atomic E-state index is -0.000368. The molecule has 1 aliphatic heterocycles. The summed E-state index contributed by atoms with van der Waals surface area (Å²) in [5.41, 5.74) is 4.41. The van der Waals surface area contributed by atoms with Gasteiger partial charge in [0.25, 0.3) is 11.8 Å². The van der Waals surface area contributed by atoms with Gasteiger partial charge in [0.2, 0.25) is 0 Å². The molecule has 1 aromatic carbocycles. The number of aryl methyl sites for hydroxylation is 1. The Balaban J connectivity index is 1.64. The van der Waals surface area contributed by atoms with Gasteiger partial charge in [-0.25, -0.2) is 4.98 Å². The molecule has 0 aliphatic carbocycles. The predicted molar refractivity (Wildman–Crippen MR) is 106 cm³/mol. The van der Waals surface area contributed by atoms with Crippen LogP contribution in [0.3, 0.4) is 0 Å². The highest BCUT2D eigenvalue weighted by atomic mass is 16.5. The third kappa shape index (κ3) is 3.09. The number of methoxy groups -OCH3 is 1. The van der Waals surface area contributed by atoms with E-state index in [-0.39, 0.29) is 5.91 Å². The second-order valence-electron chi connectivity index (χ2n) is 6.48. The van der Waals surface area contributed by atoms with Gasteiger partial charge in [-0.05, 0) is 43.2 Å². The number of fused-ring (bicyclic) bond motifs is 1. The molecule has 2 aromatic heterocycles. The maximum absolute atomic E-state index is 12.8. The summed E-state index contributed by atoms with van der Waals surface area (Å²) >= 11 is 0. The molecule has 0 spiro atoms. The molecular formula is C21H22N4O3. The van der Waals surface area contributed by atoms with E-state index >= 15 is 0 Å². The van der Waals surface area contributed by atoms with Crippen molar-refractivity contribution in [2.45, 2.75) is 26.9 Å². The van der Waals surface area contributed by atoms with Gasteiger partial charge in [0, 0.05) is 30.1 Å². The van der Waals surface area contributed by atoms with Gasteiger partial charge in [0.05, 0.1) is 32.1 Å². The average molecular weight is 378 g/mol. The second kappa shape index (κ2) is 7.34. The number of carbonyl (C=O) groups is 1. The van der Waals surface area contributed by atoms with Crippen molar-refractivity contribution in [1.29, 1.82) is 0 Å². The third-order valence-electron chi connectivity index (χ3n) is 4.82. The molecule has 144 valence electrons. The fraction of sp³-hybridized carbons (Fsp3) is 0.286. The molecule has 0 saturated heterocycles. The molecule has 3 heterocycles. The first-order valence-corrected chi connectivity index (χ1v) is 9.29. The van der Waals surface area contributed by atoms with Crippen LogP contribution in [-0.4, -0.2) is 34.4 Å². The van der Waals surface area contributed by atoms with Crippen LogP contribution in [0.2, 0.25) is 0 Å². The largest absolute Gasteiger partial charge is 0.491 e. The number of rotatable bonds is 6. The number of nitrogens with zero attached hydrogens (tertiary/aromatic N) is 4. The van der Waals surface area contributed by atoms with Crippen LogP contribution in [0.5, 0.6) is 11.6 Å². The molecule has 1 aliphatic rings. The van der Waals surface area contributed by atoms with Crippen LogP contribution in [-0.2, 0) is 13.1 Å². The van der Waals surface area contributed by atoms with Crippen LogP contribution in [0.25, 0.3) is 11.1 Å². The number of carbonyl (C=O) groups excluding carboxylic acids is 1. The summed E-state index contributed by atoms with van der Waals surface area (Å²) < 4.78 is 12.7. The van der Waals surface area contributed by atoms with Gasteiger partial charge < -0.3 is 14.4 Å². The zero-order valence-electron chi connectivity index (χ0n) is 16.2. The van der Waals surface area contributed by atoms with Crippen LogP contribution in [0.15, 0.2) is 42.9 Å². The zero-order valence-corrected chi connectivity index (χ0v) is 16.2. The first-order valence-electron chi connectivity index (χ1n) is 9.29. The van der Waals surface area contributed by atoms with E-state index in [1.165, 1.54) is 0 Å². The van der Waals surface area contributed by atoms with Gasteiger partial charge in [-0.1, -0.05) is 6.07 Å². The Morgan fingerprint density at radius 2 is 2.00 bits per heavy atom. The van der Waals surface area contributed by atoms with Gasteiger partial charge in [-0.2, -0.15) is 5.10 Å². The Morgan fingerprint density at radius 3 is 2.71 bits per heavy atom. The van der Waals surface area contributed by atoms with E-state index in [1.807, 2.05) is 49.0 Å². The van der Waals surface area contributed by atoms with Crippen molar-refractivity contribution in [1.82, 2.24) is 14.8 Å². The number of amides is 1. The van der Waals surface area contributed by atoms with Crippen LogP contribution < -0.4 is 14.4 Å². The van der Waals surface area contributed by atoms with Crippen LogP contribution in [0.4, 0.5) is 5.69 Å². The number of anilines is 1. The van der Waals surface area contributed by atoms with E-state index < -0.39 is 0 Å². The van der Waals surface area contributed by atoms with Crippen LogP contribution >= 0.6 is 0 Å². The molecule has 0 saturated carbocycles. The summed E-state index contributed by atoms with van der Waals surface area (Å²) in [7, 11) is 1.60. The summed E-state index contributed by atoms with van der Waals surface area (Å²) in [5.74, 6) is 1.06. The van der Waals surface area contributed by atoms with Crippen molar-refractivity contribution < 1.29 is 14.3 Å². The number of ether oxygens (including phenoxy) is 2. The summed E-state index contributed by atoms with van der Waals surface area (Å²) in [6.07, 6.45) is 5.39. The molecule has 1 amide bonds. The third-order valence-corrected chi connectivity index (χ3v) is 4.82. The molecule has 7 nitrogen and oxygen atoms in total. The molecule has 3 aromatic rings. The lowest BCUT2D eigenvalue weighted by Gasteiger charge is -2.12. The fourth-order valence-electron chi connectivity index (χ4n) is 3.36. The quantitative estimate of drug-likeness (QED) is 0.656. The lowest BCUT2D eigenvalue weighted by Crippen LogP contribution is -2.22. The van der Waals surface area contributed by atoms with Gasteiger partial charge in [-0.3, -0.25) is 9.48 Å². The lowest BCUT2D eigenvalue weighted by atomic mass is 10.0. The van der Waals surface area contributed by atoms with Crippen molar-refractivity contribution in [2.24, 2.45) is 0 Å². The smallest absolute Gasteiger partial charge is 0.259 e. The van der Waals surface area contributed by atoms with Gasteiger partial charge >= 0.3 is 0 Å². The van der Waals surface area contributed by atoms with E-state index in [9.17, 15) is 4.79 Å². The molecule has 0 radical (unpaired) electrons. The van der Waals surface area contributed by atoms with E-state index in [2.05, 4.69) is 10.1 Å². The molecule has 0 bridgehead atoms. The Labute approximate surface area is 163 Å². The number of pyridine rings is 1. The van der Waals surface area contributed by atoms with E-state index in [1.54, 1.807) is 24.4 Å². The van der Waals surface area contributed by atoms with Crippen molar-refractivity contribution in [3.05, 3.63) is 54.0 Å². The summed E-state index contributed by atoms with van der Waals surface area (Å²) in [6, 6.07) is 7.75. The van der Waals surface area contributed by atoms with E-state index in [4.69, 9.17) is 9.47 Å². The number of aromatic nitrogens is 3. The van der Waals surface area contributed by atoms with Crippen molar-refractivity contribution >= 4 is 11.6 Å². The Kier molecular flexibility index (Phi) is 4.73. The van der Waals surface area contributed by atoms with Gasteiger partial charge in [0.15, 0.2) is 5.75 Å². The highest BCUT2D eigenvalue weighted by Crippen LogP contribution is 2.34. The Morgan fingerprint density at radius 1 is 1.14 bits per heavy atom. The topological polar surface area (TPSA) is 69.5 Å². The van der Waals surface area contributed by atoms with Crippen LogP contribution in [0.1, 0.15) is 29.8 Å². The SMILES string of the molecule is CCOc1ncc(-c2ccc3c(c2)CN(c2cnn(CC)c2)C3=O)cc1OC. The molecule has 4 rings (SSSR count). The van der Waals surface area contributed by atoms with Gasteiger partial charge in [-0.15, -0.1) is 0 Å². The molecule has 0 atom stereocenters. The molecule has 0 unspecified atom stereocenters.